The van der Waals surface area contributed by atoms with Crippen LogP contribution in [0.15, 0.2) is 11.6 Å². The molecule has 4 fully saturated rings. The third-order valence-electron chi connectivity index (χ3n) is 10.9. The van der Waals surface area contributed by atoms with Crippen LogP contribution >= 0.6 is 0 Å². The van der Waals surface area contributed by atoms with Crippen molar-refractivity contribution >= 4 is 0 Å². The highest BCUT2D eigenvalue weighted by Crippen LogP contribution is 2.66. The fourth-order valence-corrected chi connectivity index (χ4v) is 8.94. The third-order valence-corrected chi connectivity index (χ3v) is 10.9. The van der Waals surface area contributed by atoms with E-state index < -0.39 is 37.3 Å². The maximum Gasteiger partial charge on any atom is 0.186 e. The lowest BCUT2D eigenvalue weighted by Crippen LogP contribution is -2.60. The minimum absolute atomic E-state index is 0.143. The van der Waals surface area contributed by atoms with Crippen molar-refractivity contribution in [2.75, 3.05) is 6.61 Å². The lowest BCUT2D eigenvalue weighted by molar-refractivity contribution is -0.315. The average molecular weight is 481 g/mol. The second-order valence-electron chi connectivity index (χ2n) is 12.4. The van der Waals surface area contributed by atoms with Gasteiger partial charge < -0.3 is 35.0 Å². The normalized spacial score (nSPS) is 53.9. The van der Waals surface area contributed by atoms with E-state index in [0.717, 1.165) is 38.5 Å². The zero-order valence-electron chi connectivity index (χ0n) is 20.8. The van der Waals surface area contributed by atoms with E-state index in [1.165, 1.54) is 18.4 Å². The topological polar surface area (TPSA) is 120 Å². The number of fused-ring (bicyclic) bond motifs is 5. The van der Waals surface area contributed by atoms with Crippen molar-refractivity contribution in [2.45, 2.75) is 115 Å². The first-order valence-electron chi connectivity index (χ1n) is 13.4. The van der Waals surface area contributed by atoms with Crippen LogP contribution in [0.3, 0.4) is 0 Å². The monoisotopic (exact) mass is 480 g/mol. The molecule has 0 aromatic carbocycles. The first-order chi connectivity index (χ1) is 16.1. The van der Waals surface area contributed by atoms with Crippen LogP contribution in [-0.4, -0.2) is 75.1 Å². The van der Waals surface area contributed by atoms with Crippen molar-refractivity contribution in [2.24, 2.45) is 34.5 Å². The summed E-state index contributed by atoms with van der Waals surface area (Å²) in [5, 5.41) is 50.4. The summed E-state index contributed by atoms with van der Waals surface area (Å²) >= 11 is 0. The Bertz CT molecular complexity index is 785. The van der Waals surface area contributed by atoms with E-state index in [1.54, 1.807) is 0 Å². The average Bonchev–Trinajstić information content (AvgIpc) is 3.17. The van der Waals surface area contributed by atoms with Gasteiger partial charge in [-0.1, -0.05) is 25.5 Å². The standard InChI is InChI=1S/C27H44O7/c1-14(33-25-24(32)23(31)22(30)21(13-28)34-25)18-6-7-19-17-5-4-15-12-16(29)8-10-26(15,2)20(17)9-11-27(18,19)3/h4,14,16-25,28-32H,5-13H2,1-3H3/t14-,16-,17-,18+,19-,20-,21+,22+,23-,24+,25+,26-,27+/m0/s1. The van der Waals surface area contributed by atoms with Gasteiger partial charge in [-0.05, 0) is 92.8 Å². The molecule has 5 rings (SSSR count). The molecule has 3 saturated carbocycles. The molecule has 7 heteroatoms. The Morgan fingerprint density at radius 1 is 1.00 bits per heavy atom. The highest BCUT2D eigenvalue weighted by Gasteiger charge is 2.59. The van der Waals surface area contributed by atoms with Crippen molar-refractivity contribution < 1.29 is 35.0 Å². The van der Waals surface area contributed by atoms with Crippen molar-refractivity contribution in [3.63, 3.8) is 0 Å². The van der Waals surface area contributed by atoms with E-state index in [1.807, 2.05) is 6.92 Å². The molecule has 1 heterocycles. The Labute approximate surface area is 203 Å². The molecule has 0 radical (unpaired) electrons. The van der Waals surface area contributed by atoms with Gasteiger partial charge in [0.1, 0.15) is 24.4 Å². The molecule has 0 aromatic rings. The van der Waals surface area contributed by atoms with Gasteiger partial charge in [-0.25, -0.2) is 0 Å². The summed E-state index contributed by atoms with van der Waals surface area (Å²) in [4.78, 5) is 0. The molecular weight excluding hydrogens is 436 g/mol. The summed E-state index contributed by atoms with van der Waals surface area (Å²) in [6, 6.07) is 0. The fraction of sp³-hybridized carbons (Fsp3) is 0.926. The smallest absolute Gasteiger partial charge is 0.186 e. The third kappa shape index (κ3) is 3.82. The number of allylic oxidation sites excluding steroid dienone is 1. The van der Waals surface area contributed by atoms with E-state index >= 15 is 0 Å². The van der Waals surface area contributed by atoms with Crippen molar-refractivity contribution in [1.82, 2.24) is 0 Å². The molecule has 5 aliphatic rings. The molecule has 0 spiro atoms. The molecule has 0 bridgehead atoms. The zero-order chi connectivity index (χ0) is 24.4. The summed E-state index contributed by atoms with van der Waals surface area (Å²) in [7, 11) is 0. The predicted molar refractivity (Wildman–Crippen MR) is 126 cm³/mol. The van der Waals surface area contributed by atoms with Gasteiger partial charge >= 0.3 is 0 Å². The van der Waals surface area contributed by atoms with Crippen molar-refractivity contribution in [3.8, 4) is 0 Å². The lowest BCUT2D eigenvalue weighted by atomic mass is 9.47. The Morgan fingerprint density at radius 2 is 1.76 bits per heavy atom. The molecular formula is C27H44O7. The fourth-order valence-electron chi connectivity index (χ4n) is 8.94. The lowest BCUT2D eigenvalue weighted by Gasteiger charge is -2.58. The molecule has 0 unspecified atom stereocenters. The van der Waals surface area contributed by atoms with Gasteiger partial charge in [0.05, 0.1) is 18.8 Å². The Morgan fingerprint density at radius 3 is 2.50 bits per heavy atom. The SMILES string of the molecule is C[C@H](O[C@@H]1O[C@H](CO)[C@@H](O)[C@H](O)[C@H]1O)[C@H]1CC[C@H]2[C@@H]3CC=C4C[C@@H](O)CC[C@]4(C)[C@H]3CC[C@]12C. The van der Waals surface area contributed by atoms with Gasteiger partial charge in [-0.15, -0.1) is 0 Å². The molecule has 4 aliphatic carbocycles. The first-order valence-corrected chi connectivity index (χ1v) is 13.4. The predicted octanol–water partition coefficient (Wildman–Crippen LogP) is 2.13. The Kier molecular flexibility index (Phi) is 6.71. The van der Waals surface area contributed by atoms with Gasteiger partial charge in [-0.3, -0.25) is 0 Å². The zero-order valence-corrected chi connectivity index (χ0v) is 20.8. The number of ether oxygens (including phenoxy) is 2. The summed E-state index contributed by atoms with van der Waals surface area (Å²) in [6.45, 7) is 6.46. The van der Waals surface area contributed by atoms with E-state index in [0.29, 0.717) is 23.7 Å². The van der Waals surface area contributed by atoms with E-state index in [-0.39, 0.29) is 23.0 Å². The molecule has 194 valence electrons. The van der Waals surface area contributed by atoms with Crippen LogP contribution < -0.4 is 0 Å². The molecule has 34 heavy (non-hydrogen) atoms. The van der Waals surface area contributed by atoms with Crippen LogP contribution in [0.25, 0.3) is 0 Å². The second kappa shape index (κ2) is 9.09. The minimum atomic E-state index is -1.41. The molecule has 13 atom stereocenters. The van der Waals surface area contributed by atoms with E-state index in [9.17, 15) is 25.5 Å². The van der Waals surface area contributed by atoms with Crippen molar-refractivity contribution in [1.29, 1.82) is 0 Å². The van der Waals surface area contributed by atoms with Gasteiger partial charge in [0.15, 0.2) is 6.29 Å². The molecule has 1 saturated heterocycles. The summed E-state index contributed by atoms with van der Waals surface area (Å²) in [6.07, 6.45) is 4.47. The summed E-state index contributed by atoms with van der Waals surface area (Å²) in [5.41, 5.74) is 1.86. The minimum Gasteiger partial charge on any atom is -0.394 e. The number of rotatable bonds is 4. The summed E-state index contributed by atoms with van der Waals surface area (Å²) < 4.78 is 11.8. The molecule has 0 aromatic heterocycles. The number of aliphatic hydroxyl groups is 5. The van der Waals surface area contributed by atoms with Gasteiger partial charge in [0, 0.05) is 0 Å². The maximum absolute atomic E-state index is 10.5. The maximum atomic E-state index is 10.5. The second-order valence-corrected chi connectivity index (χ2v) is 12.4. The van der Waals surface area contributed by atoms with E-state index in [4.69, 9.17) is 9.47 Å². The highest BCUT2D eigenvalue weighted by molar-refractivity contribution is 5.25. The van der Waals surface area contributed by atoms with Crippen molar-refractivity contribution in [3.05, 3.63) is 11.6 Å². The van der Waals surface area contributed by atoms with Crippen LogP contribution in [0.1, 0.15) is 72.1 Å². The van der Waals surface area contributed by atoms with Crippen LogP contribution in [-0.2, 0) is 9.47 Å². The van der Waals surface area contributed by atoms with Crippen LogP contribution in [0.2, 0.25) is 0 Å². The van der Waals surface area contributed by atoms with Crippen LogP contribution in [0, 0.1) is 34.5 Å². The largest absolute Gasteiger partial charge is 0.394 e. The highest BCUT2D eigenvalue weighted by atomic mass is 16.7. The quantitative estimate of drug-likeness (QED) is 0.391. The Balaban J connectivity index is 1.31. The van der Waals surface area contributed by atoms with Gasteiger partial charge in [-0.2, -0.15) is 0 Å². The molecule has 1 aliphatic heterocycles. The van der Waals surface area contributed by atoms with Gasteiger partial charge in [0.2, 0.25) is 0 Å². The van der Waals surface area contributed by atoms with E-state index in [2.05, 4.69) is 19.9 Å². The molecule has 7 nitrogen and oxygen atoms in total. The number of hydrogen-bond acceptors (Lipinski definition) is 7. The Hall–Kier alpha value is -0.540. The first kappa shape index (κ1) is 25.1. The number of hydrogen-bond donors (Lipinski definition) is 5. The van der Waals surface area contributed by atoms with Gasteiger partial charge in [0.25, 0.3) is 0 Å². The molecule has 5 N–H and O–H groups in total. The summed E-state index contributed by atoms with van der Waals surface area (Å²) in [5.74, 6) is 2.28. The number of aliphatic hydroxyl groups excluding tert-OH is 5. The van der Waals surface area contributed by atoms with Crippen LogP contribution in [0.4, 0.5) is 0 Å². The molecule has 0 amide bonds. The van der Waals surface area contributed by atoms with Crippen LogP contribution in [0.5, 0.6) is 0 Å².